The van der Waals surface area contributed by atoms with Crippen molar-refractivity contribution < 1.29 is 9.21 Å². The van der Waals surface area contributed by atoms with Gasteiger partial charge in [0.2, 0.25) is 0 Å². The minimum absolute atomic E-state index is 0.209. The SMILES string of the molecule is CSc1nc(-c2ccco2)nc(C)c1C(=O)NCc1c(C)nn(-c2ccccc2)c1C. The third-order valence-electron chi connectivity index (χ3n) is 5.09. The zero-order valence-corrected chi connectivity index (χ0v) is 18.7. The molecule has 0 saturated carbocycles. The fraction of sp³-hybridized carbons (Fsp3) is 0.217. The zero-order valence-electron chi connectivity index (χ0n) is 17.8. The minimum Gasteiger partial charge on any atom is -0.461 e. The molecule has 4 rings (SSSR count). The molecule has 3 heterocycles. The summed E-state index contributed by atoms with van der Waals surface area (Å²) in [4.78, 5) is 22.1. The van der Waals surface area contributed by atoms with Crippen LogP contribution < -0.4 is 5.32 Å². The summed E-state index contributed by atoms with van der Waals surface area (Å²) in [6.45, 7) is 6.14. The van der Waals surface area contributed by atoms with Crippen LogP contribution in [-0.4, -0.2) is 31.9 Å². The Labute approximate surface area is 184 Å². The summed E-state index contributed by atoms with van der Waals surface area (Å²) in [5.74, 6) is 0.836. The van der Waals surface area contributed by atoms with Crippen LogP contribution in [0.1, 0.15) is 33.0 Å². The number of thioether (sulfide) groups is 1. The Hall–Kier alpha value is -3.39. The predicted molar refractivity (Wildman–Crippen MR) is 120 cm³/mol. The molecule has 0 aliphatic heterocycles. The topological polar surface area (TPSA) is 85.8 Å². The molecule has 158 valence electrons. The van der Waals surface area contributed by atoms with E-state index in [1.807, 2.05) is 62.0 Å². The molecule has 1 N–H and O–H groups in total. The first-order valence-electron chi connectivity index (χ1n) is 9.84. The van der Waals surface area contributed by atoms with Crippen molar-refractivity contribution in [2.45, 2.75) is 32.3 Å². The molecular weight excluding hydrogens is 410 g/mol. The van der Waals surface area contributed by atoms with E-state index < -0.39 is 0 Å². The quantitative estimate of drug-likeness (QED) is 0.356. The van der Waals surface area contributed by atoms with Crippen LogP contribution in [0, 0.1) is 20.8 Å². The number of para-hydroxylation sites is 1. The first-order chi connectivity index (χ1) is 15.0. The van der Waals surface area contributed by atoms with Crippen LogP contribution in [0.5, 0.6) is 0 Å². The summed E-state index contributed by atoms with van der Waals surface area (Å²) >= 11 is 1.41. The lowest BCUT2D eigenvalue weighted by Gasteiger charge is -2.12. The van der Waals surface area contributed by atoms with E-state index in [0.717, 1.165) is 22.6 Å². The number of aryl methyl sites for hydroxylation is 2. The van der Waals surface area contributed by atoms with E-state index in [-0.39, 0.29) is 5.91 Å². The Balaban J connectivity index is 1.58. The number of nitrogens with one attached hydrogen (secondary N) is 1. The molecule has 31 heavy (non-hydrogen) atoms. The van der Waals surface area contributed by atoms with E-state index in [4.69, 9.17) is 4.42 Å². The maximum absolute atomic E-state index is 13.1. The van der Waals surface area contributed by atoms with Crippen molar-refractivity contribution in [3.63, 3.8) is 0 Å². The molecule has 0 fully saturated rings. The molecule has 0 aliphatic rings. The maximum atomic E-state index is 13.1. The molecule has 0 bridgehead atoms. The average molecular weight is 434 g/mol. The Morgan fingerprint density at radius 2 is 1.84 bits per heavy atom. The number of hydrogen-bond donors (Lipinski definition) is 1. The summed E-state index contributed by atoms with van der Waals surface area (Å²) in [6, 6.07) is 13.5. The molecule has 8 heteroatoms. The van der Waals surface area contributed by atoms with Crippen molar-refractivity contribution in [1.29, 1.82) is 0 Å². The van der Waals surface area contributed by atoms with Gasteiger partial charge in [-0.1, -0.05) is 18.2 Å². The number of carbonyl (C=O) groups excluding carboxylic acids is 1. The van der Waals surface area contributed by atoms with E-state index in [0.29, 0.717) is 34.4 Å². The van der Waals surface area contributed by atoms with Gasteiger partial charge in [0, 0.05) is 17.8 Å². The fourth-order valence-electron chi connectivity index (χ4n) is 3.48. The number of furan rings is 1. The fourth-order valence-corrected chi connectivity index (χ4v) is 4.10. The van der Waals surface area contributed by atoms with E-state index in [1.54, 1.807) is 18.4 Å². The highest BCUT2D eigenvalue weighted by Crippen LogP contribution is 2.25. The highest BCUT2D eigenvalue weighted by Gasteiger charge is 2.21. The molecule has 0 aliphatic carbocycles. The van der Waals surface area contributed by atoms with Gasteiger partial charge >= 0.3 is 0 Å². The van der Waals surface area contributed by atoms with Crippen molar-refractivity contribution in [3.8, 4) is 17.3 Å². The third-order valence-corrected chi connectivity index (χ3v) is 5.77. The Bertz CT molecular complexity index is 1220. The second-order valence-electron chi connectivity index (χ2n) is 7.07. The van der Waals surface area contributed by atoms with Gasteiger partial charge in [-0.2, -0.15) is 5.10 Å². The van der Waals surface area contributed by atoms with Crippen LogP contribution in [0.15, 0.2) is 58.2 Å². The molecule has 1 amide bonds. The van der Waals surface area contributed by atoms with Gasteiger partial charge in [0.15, 0.2) is 11.6 Å². The second-order valence-corrected chi connectivity index (χ2v) is 7.87. The van der Waals surface area contributed by atoms with Crippen molar-refractivity contribution in [1.82, 2.24) is 25.1 Å². The van der Waals surface area contributed by atoms with Crippen molar-refractivity contribution in [3.05, 3.63) is 76.9 Å². The molecule has 1 aromatic carbocycles. The van der Waals surface area contributed by atoms with E-state index in [2.05, 4.69) is 20.4 Å². The molecule has 3 aromatic heterocycles. The van der Waals surface area contributed by atoms with Gasteiger partial charge in [-0.3, -0.25) is 4.79 Å². The average Bonchev–Trinajstić information content (AvgIpc) is 3.41. The first-order valence-corrected chi connectivity index (χ1v) is 11.1. The van der Waals surface area contributed by atoms with Gasteiger partial charge in [-0.15, -0.1) is 11.8 Å². The number of rotatable bonds is 6. The molecular formula is C23H23N5O2S. The summed E-state index contributed by atoms with van der Waals surface area (Å²) < 4.78 is 7.30. The van der Waals surface area contributed by atoms with Crippen LogP contribution in [0.4, 0.5) is 0 Å². The lowest BCUT2D eigenvalue weighted by Crippen LogP contribution is -2.26. The number of carbonyl (C=O) groups is 1. The predicted octanol–water partition coefficient (Wildman–Crippen LogP) is 4.50. The van der Waals surface area contributed by atoms with Crippen LogP contribution >= 0.6 is 11.8 Å². The number of hydrogen-bond acceptors (Lipinski definition) is 6. The number of amides is 1. The van der Waals surface area contributed by atoms with Crippen molar-refractivity contribution in [2.75, 3.05) is 6.26 Å². The summed E-state index contributed by atoms with van der Waals surface area (Å²) in [7, 11) is 0. The van der Waals surface area contributed by atoms with Crippen LogP contribution in [0.25, 0.3) is 17.3 Å². The van der Waals surface area contributed by atoms with Gasteiger partial charge in [0.1, 0.15) is 5.03 Å². The lowest BCUT2D eigenvalue weighted by molar-refractivity contribution is 0.0946. The lowest BCUT2D eigenvalue weighted by atomic mass is 10.1. The van der Waals surface area contributed by atoms with E-state index in [1.165, 1.54) is 11.8 Å². The number of nitrogens with zero attached hydrogens (tertiary/aromatic N) is 4. The van der Waals surface area contributed by atoms with Crippen molar-refractivity contribution in [2.24, 2.45) is 0 Å². The monoisotopic (exact) mass is 433 g/mol. The van der Waals surface area contributed by atoms with Crippen LogP contribution in [-0.2, 0) is 6.54 Å². The zero-order chi connectivity index (χ0) is 22.0. The Morgan fingerprint density at radius 1 is 1.06 bits per heavy atom. The molecule has 0 saturated heterocycles. The van der Waals surface area contributed by atoms with Crippen molar-refractivity contribution >= 4 is 17.7 Å². The van der Waals surface area contributed by atoms with Gasteiger partial charge < -0.3 is 9.73 Å². The van der Waals surface area contributed by atoms with Gasteiger partial charge in [0.25, 0.3) is 5.91 Å². The normalized spacial score (nSPS) is 11.0. The van der Waals surface area contributed by atoms with Crippen LogP contribution in [0.3, 0.4) is 0 Å². The molecule has 0 atom stereocenters. The minimum atomic E-state index is -0.209. The van der Waals surface area contributed by atoms with E-state index >= 15 is 0 Å². The number of benzene rings is 1. The molecule has 0 spiro atoms. The second kappa shape index (κ2) is 8.77. The molecule has 0 unspecified atom stereocenters. The Kier molecular flexibility index (Phi) is 5.90. The highest BCUT2D eigenvalue weighted by atomic mass is 32.2. The smallest absolute Gasteiger partial charge is 0.256 e. The van der Waals surface area contributed by atoms with Gasteiger partial charge in [-0.05, 0) is 51.3 Å². The van der Waals surface area contributed by atoms with Crippen LogP contribution in [0.2, 0.25) is 0 Å². The molecule has 0 radical (unpaired) electrons. The van der Waals surface area contributed by atoms with E-state index in [9.17, 15) is 4.79 Å². The first kappa shape index (κ1) is 20.9. The maximum Gasteiger partial charge on any atom is 0.256 e. The molecule has 4 aromatic rings. The van der Waals surface area contributed by atoms with Gasteiger partial charge in [0.05, 0.1) is 28.9 Å². The standard InChI is InChI=1S/C23H23N5O2S/c1-14-18(16(3)28(27-14)17-9-6-5-7-10-17)13-24-22(29)20-15(2)25-21(26-23(20)31-4)19-11-8-12-30-19/h5-12H,13H2,1-4H3,(H,24,29). The summed E-state index contributed by atoms with van der Waals surface area (Å²) in [6.07, 6.45) is 3.47. The largest absolute Gasteiger partial charge is 0.461 e. The summed E-state index contributed by atoms with van der Waals surface area (Å²) in [5.41, 5.74) is 4.95. The molecule has 7 nitrogen and oxygen atoms in total. The van der Waals surface area contributed by atoms with Gasteiger partial charge in [-0.25, -0.2) is 14.6 Å². The number of aromatic nitrogens is 4. The third kappa shape index (κ3) is 4.11. The summed E-state index contributed by atoms with van der Waals surface area (Å²) in [5, 5.41) is 8.29. The highest BCUT2D eigenvalue weighted by molar-refractivity contribution is 7.98. The Morgan fingerprint density at radius 3 is 2.52 bits per heavy atom.